The molecule has 1 aliphatic carbocycles. The quantitative estimate of drug-likeness (QED) is 0.750. The van der Waals surface area contributed by atoms with E-state index in [0.717, 1.165) is 24.4 Å². The third-order valence-corrected chi connectivity index (χ3v) is 3.74. The molecule has 8 nitrogen and oxygen atoms in total. The monoisotopic (exact) mass is 376 g/mol. The lowest BCUT2D eigenvalue weighted by Gasteiger charge is -2.31. The molecule has 2 aromatic rings. The zero-order valence-corrected chi connectivity index (χ0v) is 15.0. The van der Waals surface area contributed by atoms with Gasteiger partial charge >= 0.3 is 0 Å². The fourth-order valence-electron chi connectivity index (χ4n) is 2.42. The predicted molar refractivity (Wildman–Crippen MR) is 93.7 cm³/mol. The van der Waals surface area contributed by atoms with Crippen molar-refractivity contribution < 1.29 is 9.26 Å². The van der Waals surface area contributed by atoms with Crippen molar-refractivity contribution in [1.29, 1.82) is 0 Å². The van der Waals surface area contributed by atoms with Gasteiger partial charge in [-0.3, -0.25) is 0 Å². The molecular formula is C14H22Cl2N6O2. The van der Waals surface area contributed by atoms with Crippen molar-refractivity contribution in [2.45, 2.75) is 37.8 Å². The first-order chi connectivity index (χ1) is 10.7. The lowest BCUT2D eigenvalue weighted by Crippen LogP contribution is -2.35. The number of hydrogen-bond acceptors (Lipinski definition) is 8. The topological polar surface area (TPSA) is 112 Å². The fraction of sp³-hybridized carbons (Fsp3) is 0.571. The van der Waals surface area contributed by atoms with E-state index in [1.165, 1.54) is 0 Å². The van der Waals surface area contributed by atoms with Crippen LogP contribution < -0.4 is 11.1 Å². The van der Waals surface area contributed by atoms with Crippen LogP contribution in [0.15, 0.2) is 16.9 Å². The highest BCUT2D eigenvalue weighted by atomic mass is 35.5. The van der Waals surface area contributed by atoms with Crippen molar-refractivity contribution >= 4 is 30.6 Å². The average molecular weight is 377 g/mol. The number of halogens is 2. The smallest absolute Gasteiger partial charge is 0.229 e. The molecule has 1 saturated carbocycles. The summed E-state index contributed by atoms with van der Waals surface area (Å²) in [6, 6.07) is 2.27. The van der Waals surface area contributed by atoms with Crippen LogP contribution in [0.25, 0.3) is 0 Å². The largest absolute Gasteiger partial charge is 0.384 e. The van der Waals surface area contributed by atoms with Crippen molar-refractivity contribution in [3.63, 3.8) is 0 Å². The third kappa shape index (κ3) is 5.27. The molecule has 3 rings (SSSR count). The molecule has 0 bridgehead atoms. The van der Waals surface area contributed by atoms with Crippen molar-refractivity contribution in [1.82, 2.24) is 20.1 Å². The predicted octanol–water partition coefficient (Wildman–Crippen LogP) is 1.71. The number of rotatable bonds is 7. The van der Waals surface area contributed by atoms with Crippen LogP contribution in [0.2, 0.25) is 0 Å². The van der Waals surface area contributed by atoms with Gasteiger partial charge in [0.1, 0.15) is 12.1 Å². The molecular weight excluding hydrogens is 355 g/mol. The Kier molecular flexibility index (Phi) is 8.34. The number of methoxy groups -OCH3 is 1. The van der Waals surface area contributed by atoms with Gasteiger partial charge in [0.25, 0.3) is 0 Å². The maximum Gasteiger partial charge on any atom is 0.229 e. The summed E-state index contributed by atoms with van der Waals surface area (Å²) in [7, 11) is 1.64. The lowest BCUT2D eigenvalue weighted by atomic mass is 9.79. The second-order valence-corrected chi connectivity index (χ2v) is 5.46. The number of anilines is 1. The zero-order valence-electron chi connectivity index (χ0n) is 13.3. The first-order valence-corrected chi connectivity index (χ1v) is 7.36. The van der Waals surface area contributed by atoms with Gasteiger partial charge in [-0.1, -0.05) is 5.16 Å². The minimum atomic E-state index is 0. The average Bonchev–Trinajstić information content (AvgIpc) is 2.96. The van der Waals surface area contributed by atoms with Crippen molar-refractivity contribution in [2.75, 3.05) is 19.0 Å². The van der Waals surface area contributed by atoms with Crippen molar-refractivity contribution in [2.24, 2.45) is 5.73 Å². The van der Waals surface area contributed by atoms with Crippen LogP contribution in [-0.2, 0) is 17.7 Å². The summed E-state index contributed by atoms with van der Waals surface area (Å²) >= 11 is 0. The molecule has 3 N–H and O–H groups in total. The van der Waals surface area contributed by atoms with Crippen LogP contribution in [0.5, 0.6) is 0 Å². The summed E-state index contributed by atoms with van der Waals surface area (Å²) in [6.07, 6.45) is 4.17. The minimum Gasteiger partial charge on any atom is -0.384 e. The molecule has 1 aliphatic rings. The Morgan fingerprint density at radius 1 is 1.33 bits per heavy atom. The Morgan fingerprint density at radius 2 is 2.12 bits per heavy atom. The van der Waals surface area contributed by atoms with Gasteiger partial charge in [-0.05, 0) is 12.8 Å². The molecule has 0 radical (unpaired) electrons. The Balaban J connectivity index is 0.00000144. The Labute approximate surface area is 152 Å². The van der Waals surface area contributed by atoms with Crippen LogP contribution in [0.1, 0.15) is 36.2 Å². The Hall–Kier alpha value is -1.48. The summed E-state index contributed by atoms with van der Waals surface area (Å²) in [6.45, 7) is 1.02. The lowest BCUT2D eigenvalue weighted by molar-refractivity contribution is 0.192. The number of nitrogens with zero attached hydrogens (tertiary/aromatic N) is 4. The van der Waals surface area contributed by atoms with Gasteiger partial charge < -0.3 is 20.3 Å². The van der Waals surface area contributed by atoms with Crippen LogP contribution >= 0.6 is 24.8 Å². The Bertz CT molecular complexity index is 621. The van der Waals surface area contributed by atoms with E-state index >= 15 is 0 Å². The van der Waals surface area contributed by atoms with Gasteiger partial charge in [-0.2, -0.15) is 4.98 Å². The van der Waals surface area contributed by atoms with Crippen LogP contribution in [0.4, 0.5) is 5.82 Å². The number of ether oxygens (including phenoxy) is 1. The van der Waals surface area contributed by atoms with Crippen LogP contribution in [0, 0.1) is 0 Å². The number of nitrogens with two attached hydrogens (primary N) is 1. The van der Waals surface area contributed by atoms with Gasteiger partial charge in [-0.15, -0.1) is 24.8 Å². The molecule has 0 amide bonds. The molecule has 134 valence electrons. The molecule has 2 aromatic heterocycles. The van der Waals surface area contributed by atoms with E-state index in [4.69, 9.17) is 15.0 Å². The summed E-state index contributed by atoms with van der Waals surface area (Å²) in [5, 5.41) is 7.10. The van der Waals surface area contributed by atoms with E-state index in [2.05, 4.69) is 25.4 Å². The van der Waals surface area contributed by atoms with Gasteiger partial charge in [0.05, 0.1) is 19.6 Å². The van der Waals surface area contributed by atoms with E-state index in [9.17, 15) is 0 Å². The van der Waals surface area contributed by atoms with E-state index in [1.54, 1.807) is 13.4 Å². The molecule has 0 atom stereocenters. The highest BCUT2D eigenvalue weighted by Gasteiger charge is 2.28. The molecule has 24 heavy (non-hydrogen) atoms. The SMILES string of the molecule is COCCc1nc(CNc2cc(C3CC(N)C3)ncn2)no1.Cl.Cl. The maximum atomic E-state index is 5.82. The van der Waals surface area contributed by atoms with Gasteiger partial charge in [0.15, 0.2) is 5.82 Å². The minimum absolute atomic E-state index is 0. The molecule has 0 aromatic carbocycles. The number of nitrogens with one attached hydrogen (secondary N) is 1. The van der Waals surface area contributed by atoms with E-state index in [-0.39, 0.29) is 24.8 Å². The molecule has 1 fully saturated rings. The summed E-state index contributed by atoms with van der Waals surface area (Å²) < 4.78 is 10.1. The second kappa shape index (κ2) is 9.73. The van der Waals surface area contributed by atoms with Crippen molar-refractivity contribution in [3.05, 3.63) is 29.8 Å². The molecule has 0 saturated heterocycles. The summed E-state index contributed by atoms with van der Waals surface area (Å²) in [4.78, 5) is 12.8. The maximum absolute atomic E-state index is 5.82. The molecule has 0 spiro atoms. The molecule has 2 heterocycles. The Morgan fingerprint density at radius 3 is 2.83 bits per heavy atom. The molecule has 0 aliphatic heterocycles. The number of aromatic nitrogens is 4. The number of hydrogen-bond donors (Lipinski definition) is 2. The second-order valence-electron chi connectivity index (χ2n) is 5.46. The third-order valence-electron chi connectivity index (χ3n) is 3.74. The van der Waals surface area contributed by atoms with Gasteiger partial charge in [-0.25, -0.2) is 9.97 Å². The van der Waals surface area contributed by atoms with Crippen LogP contribution in [-0.4, -0.2) is 39.9 Å². The first-order valence-electron chi connectivity index (χ1n) is 7.36. The zero-order chi connectivity index (χ0) is 15.4. The normalized spacial score (nSPS) is 18.9. The van der Waals surface area contributed by atoms with E-state index in [1.807, 2.05) is 6.07 Å². The molecule has 10 heteroatoms. The fourth-order valence-corrected chi connectivity index (χ4v) is 2.42. The standard InChI is InChI=1S/C14H20N6O2.2ClH/c1-21-3-2-14-19-13(20-22-14)7-16-12-6-11(17-8-18-12)9-4-10(15)5-9;;/h6,8-10H,2-5,7,15H2,1H3,(H,16,17,18);2*1H. The first kappa shape index (κ1) is 20.6. The highest BCUT2D eigenvalue weighted by Crippen LogP contribution is 2.34. The van der Waals surface area contributed by atoms with E-state index in [0.29, 0.717) is 43.2 Å². The van der Waals surface area contributed by atoms with Crippen LogP contribution in [0.3, 0.4) is 0 Å². The molecule has 0 unspecified atom stereocenters. The van der Waals surface area contributed by atoms with Gasteiger partial charge in [0, 0.05) is 30.8 Å². The van der Waals surface area contributed by atoms with Crippen molar-refractivity contribution in [3.8, 4) is 0 Å². The van der Waals surface area contributed by atoms with Gasteiger partial charge in [0.2, 0.25) is 5.89 Å². The highest BCUT2D eigenvalue weighted by molar-refractivity contribution is 5.85. The van der Waals surface area contributed by atoms with E-state index < -0.39 is 0 Å². The summed E-state index contributed by atoms with van der Waals surface area (Å²) in [5.74, 6) is 2.38. The summed E-state index contributed by atoms with van der Waals surface area (Å²) in [5.41, 5.74) is 6.86.